The molecule has 128 valence electrons. The van der Waals surface area contributed by atoms with Crippen LogP contribution >= 0.6 is 0 Å². The van der Waals surface area contributed by atoms with E-state index in [0.717, 1.165) is 18.5 Å². The van der Waals surface area contributed by atoms with Crippen LogP contribution in [0, 0.1) is 5.82 Å². The summed E-state index contributed by atoms with van der Waals surface area (Å²) in [6.45, 7) is 2.71. The first kappa shape index (κ1) is 15.6. The Hall–Kier alpha value is -2.96. The number of benzene rings is 1. The summed E-state index contributed by atoms with van der Waals surface area (Å²) >= 11 is 0. The number of nitrogens with zero attached hydrogens (tertiary/aromatic N) is 5. The molecule has 0 bridgehead atoms. The van der Waals surface area contributed by atoms with E-state index in [1.807, 2.05) is 33.9 Å². The number of halogens is 1. The number of carbonyl (C=O) groups is 1. The van der Waals surface area contributed by atoms with Crippen molar-refractivity contribution in [3.05, 3.63) is 48.5 Å². The molecule has 1 aliphatic heterocycles. The van der Waals surface area contributed by atoms with E-state index in [1.54, 1.807) is 24.2 Å². The van der Waals surface area contributed by atoms with Crippen molar-refractivity contribution in [3.8, 4) is 11.5 Å². The predicted octanol–water partition coefficient (Wildman–Crippen LogP) is 2.60. The van der Waals surface area contributed by atoms with E-state index >= 15 is 0 Å². The molecular weight excluding hydrogens is 321 g/mol. The second-order valence-electron chi connectivity index (χ2n) is 6.14. The number of imidazole rings is 1. The van der Waals surface area contributed by atoms with E-state index in [4.69, 9.17) is 0 Å². The molecule has 1 aliphatic rings. The van der Waals surface area contributed by atoms with Gasteiger partial charge in [-0.15, -0.1) is 0 Å². The molecule has 0 unspecified atom stereocenters. The molecule has 1 aromatic carbocycles. The monoisotopic (exact) mass is 339 g/mol. The van der Waals surface area contributed by atoms with Gasteiger partial charge in [0.2, 0.25) is 0 Å². The molecule has 4 rings (SSSR count). The van der Waals surface area contributed by atoms with Crippen molar-refractivity contribution in [2.24, 2.45) is 0 Å². The van der Waals surface area contributed by atoms with Crippen LogP contribution in [-0.4, -0.2) is 57.0 Å². The summed E-state index contributed by atoms with van der Waals surface area (Å²) in [5, 5.41) is 0.757. The molecule has 3 heterocycles. The maximum absolute atomic E-state index is 14.0. The van der Waals surface area contributed by atoms with Gasteiger partial charge in [0.25, 0.3) is 0 Å². The number of fused-ring (bicyclic) bond motifs is 1. The van der Waals surface area contributed by atoms with Gasteiger partial charge in [-0.1, -0.05) is 18.2 Å². The number of urea groups is 1. The van der Waals surface area contributed by atoms with E-state index in [-0.39, 0.29) is 11.8 Å². The average Bonchev–Trinajstić information content (AvgIpc) is 3.21. The summed E-state index contributed by atoms with van der Waals surface area (Å²) in [6, 6.07) is 8.64. The van der Waals surface area contributed by atoms with Crippen LogP contribution in [-0.2, 0) is 6.54 Å². The molecule has 1 fully saturated rings. The largest absolute Gasteiger partial charge is 0.328 e. The SMILES string of the molecule is CN1CCN(CCn2ccnc2-c2ccc3cccc(F)c3n2)C1=O. The second-order valence-corrected chi connectivity index (χ2v) is 6.14. The van der Waals surface area contributed by atoms with Gasteiger partial charge in [0, 0.05) is 51.0 Å². The highest BCUT2D eigenvalue weighted by Gasteiger charge is 2.24. The average molecular weight is 339 g/mol. The molecule has 0 saturated carbocycles. The highest BCUT2D eigenvalue weighted by atomic mass is 19.1. The normalized spacial score (nSPS) is 14.7. The number of pyridine rings is 1. The summed E-state index contributed by atoms with van der Waals surface area (Å²) in [7, 11) is 1.80. The zero-order valence-corrected chi connectivity index (χ0v) is 13.9. The number of hydrogen-bond acceptors (Lipinski definition) is 3. The number of rotatable bonds is 4. The molecule has 6 nitrogen and oxygen atoms in total. The minimum absolute atomic E-state index is 0.0487. The fourth-order valence-corrected chi connectivity index (χ4v) is 3.10. The predicted molar refractivity (Wildman–Crippen MR) is 92.5 cm³/mol. The van der Waals surface area contributed by atoms with Crippen molar-refractivity contribution in [1.29, 1.82) is 0 Å². The maximum atomic E-state index is 14.0. The molecule has 0 N–H and O–H groups in total. The Labute approximate surface area is 144 Å². The molecule has 3 aromatic rings. The van der Waals surface area contributed by atoms with Gasteiger partial charge >= 0.3 is 6.03 Å². The fraction of sp³-hybridized carbons (Fsp3) is 0.278. The molecule has 7 heteroatoms. The highest BCUT2D eigenvalue weighted by Crippen LogP contribution is 2.21. The minimum atomic E-state index is -0.344. The minimum Gasteiger partial charge on any atom is -0.328 e. The zero-order valence-electron chi connectivity index (χ0n) is 13.9. The number of aromatic nitrogens is 3. The lowest BCUT2D eigenvalue weighted by molar-refractivity contribution is 0.197. The summed E-state index contributed by atoms with van der Waals surface area (Å²) in [5.74, 6) is 0.327. The van der Waals surface area contributed by atoms with E-state index in [0.29, 0.717) is 30.1 Å². The van der Waals surface area contributed by atoms with Gasteiger partial charge in [0.1, 0.15) is 17.0 Å². The van der Waals surface area contributed by atoms with Crippen molar-refractivity contribution >= 4 is 16.9 Å². The molecule has 2 aromatic heterocycles. The van der Waals surface area contributed by atoms with E-state index in [1.165, 1.54) is 6.07 Å². The Kier molecular flexibility index (Phi) is 3.83. The first-order chi connectivity index (χ1) is 12.1. The van der Waals surface area contributed by atoms with Crippen LogP contribution in [0.15, 0.2) is 42.7 Å². The van der Waals surface area contributed by atoms with E-state index < -0.39 is 0 Å². The molecule has 0 spiro atoms. The van der Waals surface area contributed by atoms with Crippen LogP contribution in [0.1, 0.15) is 0 Å². The van der Waals surface area contributed by atoms with E-state index in [2.05, 4.69) is 9.97 Å². The first-order valence-corrected chi connectivity index (χ1v) is 8.20. The van der Waals surface area contributed by atoms with Gasteiger partial charge in [-0.2, -0.15) is 0 Å². The van der Waals surface area contributed by atoms with E-state index in [9.17, 15) is 9.18 Å². The summed E-state index contributed by atoms with van der Waals surface area (Å²) < 4.78 is 15.9. The van der Waals surface area contributed by atoms with Crippen LogP contribution < -0.4 is 0 Å². The van der Waals surface area contributed by atoms with Gasteiger partial charge in [0.15, 0.2) is 5.82 Å². The quantitative estimate of drug-likeness (QED) is 0.734. The molecule has 0 atom stereocenters. The third-order valence-corrected chi connectivity index (χ3v) is 4.53. The van der Waals surface area contributed by atoms with Crippen molar-refractivity contribution in [3.63, 3.8) is 0 Å². The third kappa shape index (κ3) is 2.82. The number of likely N-dealkylation sites (N-methyl/N-ethyl adjacent to an activating group) is 1. The molecule has 1 saturated heterocycles. The fourth-order valence-electron chi connectivity index (χ4n) is 3.10. The smallest absolute Gasteiger partial charge is 0.319 e. The molecule has 2 amide bonds. The molecule has 0 radical (unpaired) electrons. The Morgan fingerprint density at radius 2 is 2.04 bits per heavy atom. The lowest BCUT2D eigenvalue weighted by Gasteiger charge is -2.17. The zero-order chi connectivity index (χ0) is 17.4. The topological polar surface area (TPSA) is 54.3 Å². The Morgan fingerprint density at radius 1 is 1.16 bits per heavy atom. The third-order valence-electron chi connectivity index (χ3n) is 4.53. The second kappa shape index (κ2) is 6.16. The summed E-state index contributed by atoms with van der Waals surface area (Å²) in [5.41, 5.74) is 0.957. The van der Waals surface area contributed by atoms with Crippen LogP contribution in [0.2, 0.25) is 0 Å². The van der Waals surface area contributed by atoms with Gasteiger partial charge in [-0.3, -0.25) is 0 Å². The van der Waals surface area contributed by atoms with Crippen molar-refractivity contribution in [2.75, 3.05) is 26.7 Å². The molecule has 25 heavy (non-hydrogen) atoms. The van der Waals surface area contributed by atoms with Crippen LogP contribution in [0.4, 0.5) is 9.18 Å². The van der Waals surface area contributed by atoms with Crippen LogP contribution in [0.3, 0.4) is 0 Å². The Bertz CT molecular complexity index is 938. The van der Waals surface area contributed by atoms with Gasteiger partial charge in [-0.05, 0) is 12.1 Å². The summed E-state index contributed by atoms with van der Waals surface area (Å²) in [4.78, 5) is 24.3. The lowest BCUT2D eigenvalue weighted by atomic mass is 10.2. The van der Waals surface area contributed by atoms with Gasteiger partial charge < -0.3 is 14.4 Å². The lowest BCUT2D eigenvalue weighted by Crippen LogP contribution is -2.32. The van der Waals surface area contributed by atoms with Crippen molar-refractivity contribution in [1.82, 2.24) is 24.3 Å². The van der Waals surface area contributed by atoms with Gasteiger partial charge in [0.05, 0.1) is 0 Å². The molecule has 0 aliphatic carbocycles. The van der Waals surface area contributed by atoms with Gasteiger partial charge in [-0.25, -0.2) is 19.2 Å². The Morgan fingerprint density at radius 3 is 2.84 bits per heavy atom. The number of carbonyl (C=O) groups excluding carboxylic acids is 1. The molecular formula is C18H18FN5O. The number of hydrogen-bond donors (Lipinski definition) is 0. The first-order valence-electron chi connectivity index (χ1n) is 8.20. The highest BCUT2D eigenvalue weighted by molar-refractivity contribution is 5.81. The Balaban J connectivity index is 1.59. The van der Waals surface area contributed by atoms with Crippen LogP contribution in [0.5, 0.6) is 0 Å². The van der Waals surface area contributed by atoms with Crippen molar-refractivity contribution < 1.29 is 9.18 Å². The maximum Gasteiger partial charge on any atom is 0.319 e. The number of para-hydroxylation sites is 1. The standard InChI is InChI=1S/C18H18FN5O/c1-22-9-10-24(18(22)25)12-11-23-8-7-20-17(23)15-6-5-13-3-2-4-14(19)16(13)21-15/h2-8H,9-12H2,1H3. The summed E-state index contributed by atoms with van der Waals surface area (Å²) in [6.07, 6.45) is 3.55. The number of amides is 2. The van der Waals surface area contributed by atoms with Crippen molar-refractivity contribution in [2.45, 2.75) is 6.54 Å². The van der Waals surface area contributed by atoms with Crippen LogP contribution in [0.25, 0.3) is 22.4 Å².